The molecule has 0 spiro atoms. The smallest absolute Gasteiger partial charge is 0.359 e. The summed E-state index contributed by atoms with van der Waals surface area (Å²) in [5.41, 5.74) is 1.31. The van der Waals surface area contributed by atoms with Gasteiger partial charge in [0, 0.05) is 10.3 Å². The molecule has 0 aliphatic heterocycles. The number of carbonyl (C=O) groups is 1. The SMILES string of the molecule is COC(=O)c1c(OC)c2ccccc2n1Sc1ccccc1. The monoisotopic (exact) mass is 313 g/mol. The third-order valence-electron chi connectivity index (χ3n) is 3.31. The number of nitrogens with zero attached hydrogens (tertiary/aromatic N) is 1. The molecule has 0 aliphatic rings. The highest BCUT2D eigenvalue weighted by atomic mass is 32.2. The van der Waals surface area contributed by atoms with Crippen molar-refractivity contribution in [3.05, 3.63) is 60.3 Å². The summed E-state index contributed by atoms with van der Waals surface area (Å²) in [6, 6.07) is 17.6. The topological polar surface area (TPSA) is 40.5 Å². The Morgan fingerprint density at radius 1 is 1.00 bits per heavy atom. The van der Waals surface area contributed by atoms with E-state index in [2.05, 4.69) is 0 Å². The summed E-state index contributed by atoms with van der Waals surface area (Å²) in [6.07, 6.45) is 0. The van der Waals surface area contributed by atoms with E-state index < -0.39 is 5.97 Å². The molecule has 22 heavy (non-hydrogen) atoms. The Bertz CT molecular complexity index is 811. The van der Waals surface area contributed by atoms with E-state index in [-0.39, 0.29) is 0 Å². The number of para-hydroxylation sites is 1. The zero-order valence-corrected chi connectivity index (χ0v) is 13.1. The maximum Gasteiger partial charge on any atom is 0.359 e. The van der Waals surface area contributed by atoms with Crippen molar-refractivity contribution in [2.75, 3.05) is 14.2 Å². The zero-order chi connectivity index (χ0) is 15.5. The van der Waals surface area contributed by atoms with Gasteiger partial charge in [0.25, 0.3) is 0 Å². The molecule has 0 unspecified atom stereocenters. The largest absolute Gasteiger partial charge is 0.494 e. The lowest BCUT2D eigenvalue weighted by molar-refractivity contribution is 0.0590. The van der Waals surface area contributed by atoms with Crippen LogP contribution in [-0.4, -0.2) is 24.2 Å². The number of ether oxygens (including phenoxy) is 2. The van der Waals surface area contributed by atoms with Crippen molar-refractivity contribution in [3.8, 4) is 5.75 Å². The summed E-state index contributed by atoms with van der Waals surface area (Å²) < 4.78 is 12.3. The number of hydrogen-bond donors (Lipinski definition) is 0. The van der Waals surface area contributed by atoms with E-state index in [1.54, 1.807) is 7.11 Å². The van der Waals surface area contributed by atoms with E-state index in [0.717, 1.165) is 15.8 Å². The van der Waals surface area contributed by atoms with Crippen LogP contribution in [0.3, 0.4) is 0 Å². The lowest BCUT2D eigenvalue weighted by atomic mass is 10.2. The molecule has 0 saturated carbocycles. The van der Waals surface area contributed by atoms with Crippen LogP contribution >= 0.6 is 11.9 Å². The average molecular weight is 313 g/mol. The Morgan fingerprint density at radius 2 is 1.68 bits per heavy atom. The van der Waals surface area contributed by atoms with E-state index in [9.17, 15) is 4.79 Å². The van der Waals surface area contributed by atoms with Crippen molar-refractivity contribution in [2.24, 2.45) is 0 Å². The van der Waals surface area contributed by atoms with Gasteiger partial charge in [-0.2, -0.15) is 0 Å². The first kappa shape index (κ1) is 14.5. The summed E-state index contributed by atoms with van der Waals surface area (Å²) in [4.78, 5) is 13.3. The molecule has 0 radical (unpaired) electrons. The fourth-order valence-corrected chi connectivity index (χ4v) is 3.34. The van der Waals surface area contributed by atoms with Gasteiger partial charge in [-0.05, 0) is 36.2 Å². The summed E-state index contributed by atoms with van der Waals surface area (Å²) >= 11 is 1.46. The molecule has 3 aromatic rings. The zero-order valence-electron chi connectivity index (χ0n) is 12.3. The highest BCUT2D eigenvalue weighted by Gasteiger charge is 2.25. The second-order valence-electron chi connectivity index (χ2n) is 4.59. The van der Waals surface area contributed by atoms with Gasteiger partial charge in [0.2, 0.25) is 0 Å². The number of benzene rings is 2. The minimum Gasteiger partial charge on any atom is -0.494 e. The van der Waals surface area contributed by atoms with E-state index in [0.29, 0.717) is 11.4 Å². The van der Waals surface area contributed by atoms with Crippen molar-refractivity contribution in [1.82, 2.24) is 3.97 Å². The first-order valence-electron chi connectivity index (χ1n) is 6.75. The van der Waals surface area contributed by atoms with Gasteiger partial charge in [0.05, 0.1) is 19.7 Å². The van der Waals surface area contributed by atoms with Crippen molar-refractivity contribution in [1.29, 1.82) is 0 Å². The van der Waals surface area contributed by atoms with Crippen molar-refractivity contribution in [3.63, 3.8) is 0 Å². The van der Waals surface area contributed by atoms with E-state index >= 15 is 0 Å². The Morgan fingerprint density at radius 3 is 2.36 bits per heavy atom. The normalized spacial score (nSPS) is 10.6. The summed E-state index contributed by atoms with van der Waals surface area (Å²) in [6.45, 7) is 0. The highest BCUT2D eigenvalue weighted by Crippen LogP contribution is 2.38. The van der Waals surface area contributed by atoms with Gasteiger partial charge >= 0.3 is 5.97 Å². The number of hydrogen-bond acceptors (Lipinski definition) is 4. The Labute approximate surface area is 132 Å². The molecular formula is C17H15NO3S. The van der Waals surface area contributed by atoms with Crippen LogP contribution in [0.2, 0.25) is 0 Å². The first-order chi connectivity index (χ1) is 10.8. The van der Waals surface area contributed by atoms with Crippen molar-refractivity contribution in [2.45, 2.75) is 4.90 Å². The number of fused-ring (bicyclic) bond motifs is 1. The van der Waals surface area contributed by atoms with Gasteiger partial charge in [-0.3, -0.25) is 3.97 Å². The van der Waals surface area contributed by atoms with Crippen molar-refractivity contribution < 1.29 is 14.3 Å². The number of carbonyl (C=O) groups excluding carboxylic acids is 1. The Balaban J connectivity index is 2.24. The molecule has 1 aromatic heterocycles. The number of aromatic nitrogens is 1. The predicted octanol–water partition coefficient (Wildman–Crippen LogP) is 3.99. The van der Waals surface area contributed by atoms with E-state index in [1.165, 1.54) is 19.1 Å². The lowest BCUT2D eigenvalue weighted by Gasteiger charge is -2.09. The molecular weight excluding hydrogens is 298 g/mol. The molecule has 0 atom stereocenters. The molecule has 2 aromatic carbocycles. The molecule has 1 heterocycles. The number of esters is 1. The van der Waals surface area contributed by atoms with Crippen LogP contribution < -0.4 is 4.74 Å². The van der Waals surface area contributed by atoms with Gasteiger partial charge in [0.15, 0.2) is 11.4 Å². The fourth-order valence-electron chi connectivity index (χ4n) is 2.34. The molecule has 5 heteroatoms. The highest BCUT2D eigenvalue weighted by molar-refractivity contribution is 7.98. The molecule has 0 N–H and O–H groups in total. The fraction of sp³-hybridized carbons (Fsp3) is 0.118. The van der Waals surface area contributed by atoms with Crippen LogP contribution in [0.25, 0.3) is 10.9 Å². The number of rotatable bonds is 4. The second kappa shape index (κ2) is 6.15. The van der Waals surface area contributed by atoms with Crippen molar-refractivity contribution >= 4 is 28.8 Å². The van der Waals surface area contributed by atoms with E-state index in [1.807, 2.05) is 58.6 Å². The van der Waals surface area contributed by atoms with Crippen LogP contribution in [0.4, 0.5) is 0 Å². The third-order valence-corrected chi connectivity index (χ3v) is 4.35. The molecule has 0 fully saturated rings. The molecule has 0 amide bonds. The molecule has 0 aliphatic carbocycles. The van der Waals surface area contributed by atoms with Gasteiger partial charge in [-0.1, -0.05) is 30.3 Å². The van der Waals surface area contributed by atoms with Crippen LogP contribution in [-0.2, 0) is 4.74 Å². The van der Waals surface area contributed by atoms with Gasteiger partial charge in [-0.15, -0.1) is 0 Å². The minimum atomic E-state index is -0.420. The molecule has 0 saturated heterocycles. The minimum absolute atomic E-state index is 0.403. The molecule has 3 rings (SSSR count). The van der Waals surface area contributed by atoms with Gasteiger partial charge < -0.3 is 9.47 Å². The summed E-state index contributed by atoms with van der Waals surface area (Å²) in [5.74, 6) is 0.113. The Hall–Kier alpha value is -2.40. The lowest BCUT2D eigenvalue weighted by Crippen LogP contribution is -2.08. The second-order valence-corrected chi connectivity index (χ2v) is 5.61. The van der Waals surface area contributed by atoms with E-state index in [4.69, 9.17) is 9.47 Å². The quantitative estimate of drug-likeness (QED) is 0.683. The predicted molar refractivity (Wildman–Crippen MR) is 87.5 cm³/mol. The van der Waals surface area contributed by atoms with Gasteiger partial charge in [0.1, 0.15) is 0 Å². The van der Waals surface area contributed by atoms with Crippen LogP contribution in [0.5, 0.6) is 5.75 Å². The van der Waals surface area contributed by atoms with Crippen LogP contribution in [0.1, 0.15) is 10.5 Å². The average Bonchev–Trinajstić information content (AvgIpc) is 2.89. The maximum atomic E-state index is 12.2. The number of methoxy groups -OCH3 is 2. The van der Waals surface area contributed by atoms with Crippen LogP contribution in [0.15, 0.2) is 59.5 Å². The standard InChI is InChI=1S/C17H15NO3S/c1-20-16-13-10-6-7-11-14(13)18(15(16)17(19)21-2)22-12-8-4-3-5-9-12/h3-11H,1-2H3. The van der Waals surface area contributed by atoms with Gasteiger partial charge in [-0.25, -0.2) is 4.79 Å². The summed E-state index contributed by atoms with van der Waals surface area (Å²) in [5, 5.41) is 0.883. The molecule has 0 bridgehead atoms. The van der Waals surface area contributed by atoms with Crippen LogP contribution in [0, 0.1) is 0 Å². The third kappa shape index (κ3) is 2.44. The molecule has 4 nitrogen and oxygen atoms in total. The maximum absolute atomic E-state index is 12.2. The Kier molecular flexibility index (Phi) is 4.06. The first-order valence-corrected chi connectivity index (χ1v) is 7.52. The molecule has 112 valence electrons. The summed E-state index contributed by atoms with van der Waals surface area (Å²) in [7, 11) is 2.93.